The van der Waals surface area contributed by atoms with Gasteiger partial charge >= 0.3 is 0 Å². The summed E-state index contributed by atoms with van der Waals surface area (Å²) in [6.07, 6.45) is 3.44. The van der Waals surface area contributed by atoms with Crippen molar-refractivity contribution in [2.24, 2.45) is 17.1 Å². The number of rotatable bonds is 3. The lowest BCUT2D eigenvalue weighted by Crippen LogP contribution is -2.50. The maximum atomic E-state index is 12.5. The van der Waals surface area contributed by atoms with Crippen molar-refractivity contribution < 1.29 is 9.59 Å². The molecule has 0 radical (unpaired) electrons. The van der Waals surface area contributed by atoms with Crippen LogP contribution in [-0.4, -0.2) is 42.9 Å². The number of carbonyl (C=O) groups excluding carboxylic acids is 2. The molecule has 2 amide bonds. The molecule has 5 heteroatoms. The van der Waals surface area contributed by atoms with Crippen molar-refractivity contribution in [2.45, 2.75) is 38.6 Å². The molecule has 1 aliphatic heterocycles. The van der Waals surface area contributed by atoms with Crippen LogP contribution in [0.25, 0.3) is 0 Å². The molecule has 2 fully saturated rings. The molecule has 2 unspecified atom stereocenters. The highest BCUT2D eigenvalue weighted by molar-refractivity contribution is 6.07. The quantitative estimate of drug-likeness (QED) is 0.700. The van der Waals surface area contributed by atoms with E-state index in [1.165, 1.54) is 0 Å². The Bertz CT molecular complexity index is 350. The lowest BCUT2D eigenvalue weighted by Gasteiger charge is -2.36. The average Bonchev–Trinajstić information content (AvgIpc) is 3.18. The molecule has 102 valence electrons. The van der Waals surface area contributed by atoms with Crippen LogP contribution in [0.2, 0.25) is 0 Å². The Morgan fingerprint density at radius 2 is 2.11 bits per heavy atom. The second-order valence-electron chi connectivity index (χ2n) is 5.67. The van der Waals surface area contributed by atoms with Gasteiger partial charge in [0, 0.05) is 26.2 Å². The van der Waals surface area contributed by atoms with E-state index in [1.807, 2.05) is 11.8 Å². The normalized spacial score (nSPS) is 27.5. The van der Waals surface area contributed by atoms with E-state index in [1.54, 1.807) is 7.05 Å². The van der Waals surface area contributed by atoms with Crippen molar-refractivity contribution >= 4 is 11.8 Å². The first kappa shape index (κ1) is 13.3. The third kappa shape index (κ3) is 2.23. The topological polar surface area (TPSA) is 75.4 Å². The summed E-state index contributed by atoms with van der Waals surface area (Å²) in [5.41, 5.74) is 5.17. The molecule has 0 aromatic heterocycles. The summed E-state index contributed by atoms with van der Waals surface area (Å²) in [6.45, 7) is 3.46. The van der Waals surface area contributed by atoms with Crippen LogP contribution in [0, 0.1) is 11.3 Å². The highest BCUT2D eigenvalue weighted by Gasteiger charge is 2.57. The summed E-state index contributed by atoms with van der Waals surface area (Å²) in [5, 5.41) is 2.61. The average molecular weight is 253 g/mol. The number of piperidine rings is 1. The Labute approximate surface area is 108 Å². The maximum Gasteiger partial charge on any atom is 0.238 e. The van der Waals surface area contributed by atoms with Crippen LogP contribution in [0.1, 0.15) is 32.6 Å². The summed E-state index contributed by atoms with van der Waals surface area (Å²) in [7, 11) is 1.59. The first-order chi connectivity index (χ1) is 8.51. The Hall–Kier alpha value is -1.10. The molecule has 0 aromatic rings. The minimum atomic E-state index is -0.755. The Morgan fingerprint density at radius 1 is 1.44 bits per heavy atom. The van der Waals surface area contributed by atoms with Gasteiger partial charge in [-0.3, -0.25) is 9.59 Å². The van der Waals surface area contributed by atoms with E-state index in [2.05, 4.69) is 5.32 Å². The van der Waals surface area contributed by atoms with Crippen LogP contribution in [0.3, 0.4) is 0 Å². The number of nitrogens with one attached hydrogen (secondary N) is 1. The second kappa shape index (κ2) is 4.88. The Kier molecular flexibility index (Phi) is 3.61. The number of hydrogen-bond acceptors (Lipinski definition) is 3. The zero-order chi connectivity index (χ0) is 13.3. The van der Waals surface area contributed by atoms with Gasteiger partial charge in [-0.25, -0.2) is 0 Å². The molecule has 0 bridgehead atoms. The molecule has 2 atom stereocenters. The van der Waals surface area contributed by atoms with Gasteiger partial charge in [0.05, 0.1) is 0 Å². The van der Waals surface area contributed by atoms with E-state index in [-0.39, 0.29) is 17.9 Å². The highest BCUT2D eigenvalue weighted by atomic mass is 16.2. The van der Waals surface area contributed by atoms with Gasteiger partial charge in [-0.15, -0.1) is 0 Å². The van der Waals surface area contributed by atoms with Gasteiger partial charge in [-0.2, -0.15) is 0 Å². The van der Waals surface area contributed by atoms with Crippen molar-refractivity contribution in [3.05, 3.63) is 0 Å². The lowest BCUT2D eigenvalue weighted by molar-refractivity contribution is -0.145. The molecule has 1 aliphatic carbocycles. The minimum Gasteiger partial charge on any atom is -0.358 e. The predicted molar refractivity (Wildman–Crippen MR) is 68.7 cm³/mol. The van der Waals surface area contributed by atoms with Gasteiger partial charge in [-0.1, -0.05) is 0 Å². The molecule has 2 rings (SSSR count). The van der Waals surface area contributed by atoms with E-state index in [9.17, 15) is 9.59 Å². The van der Waals surface area contributed by atoms with E-state index < -0.39 is 5.41 Å². The van der Waals surface area contributed by atoms with Crippen LogP contribution in [-0.2, 0) is 9.59 Å². The fraction of sp³-hybridized carbons (Fsp3) is 0.846. The van der Waals surface area contributed by atoms with Gasteiger partial charge in [0.2, 0.25) is 11.8 Å². The summed E-state index contributed by atoms with van der Waals surface area (Å²) in [5.74, 6) is 0.241. The molecular weight excluding hydrogens is 230 g/mol. The van der Waals surface area contributed by atoms with Crippen molar-refractivity contribution in [1.82, 2.24) is 10.2 Å². The van der Waals surface area contributed by atoms with E-state index in [4.69, 9.17) is 5.73 Å². The summed E-state index contributed by atoms with van der Waals surface area (Å²) in [6, 6.07) is 0.107. The van der Waals surface area contributed by atoms with Crippen LogP contribution in [0.15, 0.2) is 0 Å². The number of carbonyl (C=O) groups is 2. The number of likely N-dealkylation sites (tertiary alicyclic amines) is 1. The van der Waals surface area contributed by atoms with Crippen LogP contribution < -0.4 is 11.1 Å². The zero-order valence-electron chi connectivity index (χ0n) is 11.2. The molecule has 1 saturated carbocycles. The first-order valence-electron chi connectivity index (χ1n) is 6.78. The standard InChI is InChI=1S/C13H23N3O2/c1-9(14)10-4-3-7-16(8-10)12(18)13(5-6-13)11(17)15-2/h9-10H,3-8,14H2,1-2H3,(H,15,17). The Morgan fingerprint density at radius 3 is 2.61 bits per heavy atom. The number of hydrogen-bond donors (Lipinski definition) is 2. The molecule has 0 aromatic carbocycles. The van der Waals surface area contributed by atoms with Gasteiger partial charge in [0.1, 0.15) is 5.41 Å². The third-order valence-corrected chi connectivity index (χ3v) is 4.31. The molecule has 5 nitrogen and oxygen atoms in total. The summed E-state index contributed by atoms with van der Waals surface area (Å²) < 4.78 is 0. The fourth-order valence-corrected chi connectivity index (χ4v) is 2.83. The maximum absolute atomic E-state index is 12.5. The van der Waals surface area contributed by atoms with E-state index >= 15 is 0 Å². The van der Waals surface area contributed by atoms with Crippen LogP contribution in [0.4, 0.5) is 0 Å². The monoisotopic (exact) mass is 253 g/mol. The SMILES string of the molecule is CNC(=O)C1(C(=O)N2CCCC(C(C)N)C2)CC1. The number of nitrogens with two attached hydrogens (primary N) is 1. The molecule has 18 heavy (non-hydrogen) atoms. The molecular formula is C13H23N3O2. The zero-order valence-corrected chi connectivity index (χ0v) is 11.2. The fourth-order valence-electron chi connectivity index (χ4n) is 2.83. The summed E-state index contributed by atoms with van der Waals surface area (Å²) in [4.78, 5) is 26.1. The number of nitrogens with zero attached hydrogens (tertiary/aromatic N) is 1. The van der Waals surface area contributed by atoms with Crippen molar-refractivity contribution in [1.29, 1.82) is 0 Å². The first-order valence-corrected chi connectivity index (χ1v) is 6.78. The molecule has 1 heterocycles. The predicted octanol–water partition coefficient (Wildman–Crippen LogP) is 0.0984. The third-order valence-electron chi connectivity index (χ3n) is 4.31. The van der Waals surface area contributed by atoms with Gasteiger partial charge < -0.3 is 16.0 Å². The van der Waals surface area contributed by atoms with Gasteiger partial charge in [0.25, 0.3) is 0 Å². The van der Waals surface area contributed by atoms with Crippen molar-refractivity contribution in [3.8, 4) is 0 Å². The van der Waals surface area contributed by atoms with Crippen LogP contribution in [0.5, 0.6) is 0 Å². The Balaban J connectivity index is 2.03. The second-order valence-corrected chi connectivity index (χ2v) is 5.67. The van der Waals surface area contributed by atoms with Crippen LogP contribution >= 0.6 is 0 Å². The van der Waals surface area contributed by atoms with Gasteiger partial charge in [-0.05, 0) is 38.5 Å². The highest BCUT2D eigenvalue weighted by Crippen LogP contribution is 2.47. The largest absolute Gasteiger partial charge is 0.358 e. The smallest absolute Gasteiger partial charge is 0.238 e. The molecule has 1 saturated heterocycles. The lowest BCUT2D eigenvalue weighted by atomic mass is 9.91. The molecule has 3 N–H and O–H groups in total. The summed E-state index contributed by atoms with van der Waals surface area (Å²) >= 11 is 0. The van der Waals surface area contributed by atoms with Crippen molar-refractivity contribution in [2.75, 3.05) is 20.1 Å². The molecule has 2 aliphatic rings. The number of amides is 2. The van der Waals surface area contributed by atoms with E-state index in [0.29, 0.717) is 25.3 Å². The van der Waals surface area contributed by atoms with E-state index in [0.717, 1.165) is 19.4 Å². The molecule has 0 spiro atoms. The van der Waals surface area contributed by atoms with Crippen molar-refractivity contribution in [3.63, 3.8) is 0 Å². The minimum absolute atomic E-state index is 0.00667. The van der Waals surface area contributed by atoms with Gasteiger partial charge in [0.15, 0.2) is 0 Å².